The van der Waals surface area contributed by atoms with Gasteiger partial charge in [-0.15, -0.1) is 11.3 Å². The minimum Gasteiger partial charge on any atom is -0.481 e. The fraction of sp³-hybridized carbons (Fsp3) is 0.643. The first-order valence-corrected chi connectivity index (χ1v) is 8.12. The Morgan fingerprint density at radius 1 is 1.43 bits per heavy atom. The number of anilines is 1. The number of carbonyl (C=O) groups excluding carboxylic acids is 1. The molecular formula is C14H21N3O3S. The lowest BCUT2D eigenvalue weighted by molar-refractivity contribution is -0.138. The normalized spacial score (nSPS) is 16.6. The van der Waals surface area contributed by atoms with Gasteiger partial charge < -0.3 is 15.3 Å². The molecular weight excluding hydrogens is 290 g/mol. The van der Waals surface area contributed by atoms with Crippen LogP contribution in [0.1, 0.15) is 43.2 Å². The van der Waals surface area contributed by atoms with Gasteiger partial charge in [0.1, 0.15) is 5.92 Å². The molecule has 0 saturated heterocycles. The first-order chi connectivity index (χ1) is 10.1. The molecule has 0 fully saturated rings. The van der Waals surface area contributed by atoms with Crippen molar-refractivity contribution in [2.75, 3.05) is 25.0 Å². The number of carbonyl (C=O) groups is 2. The van der Waals surface area contributed by atoms with Gasteiger partial charge in [-0.3, -0.25) is 9.59 Å². The molecule has 1 heterocycles. The predicted molar refractivity (Wildman–Crippen MR) is 81.8 cm³/mol. The minimum absolute atomic E-state index is 0.125. The SMILES string of the molecule is CCN(CC)C(=O)CCNc1nc2c(s1)CCC2C(=O)O. The highest BCUT2D eigenvalue weighted by atomic mass is 32.1. The molecule has 2 rings (SSSR count). The molecule has 21 heavy (non-hydrogen) atoms. The number of carboxylic acid groups (broad SMARTS) is 1. The highest BCUT2D eigenvalue weighted by Gasteiger charge is 2.32. The van der Waals surface area contributed by atoms with Gasteiger partial charge in [-0.05, 0) is 26.7 Å². The van der Waals surface area contributed by atoms with E-state index in [1.807, 2.05) is 13.8 Å². The molecule has 1 amide bonds. The summed E-state index contributed by atoms with van der Waals surface area (Å²) in [6, 6.07) is 0. The fourth-order valence-electron chi connectivity index (χ4n) is 2.55. The second-order valence-corrected chi connectivity index (χ2v) is 6.08. The van der Waals surface area contributed by atoms with Crippen LogP contribution in [0.5, 0.6) is 0 Å². The predicted octanol–water partition coefficient (Wildman–Crippen LogP) is 1.93. The summed E-state index contributed by atoms with van der Waals surface area (Å²) in [6.07, 6.45) is 1.85. The van der Waals surface area contributed by atoms with E-state index in [0.717, 1.165) is 29.5 Å². The van der Waals surface area contributed by atoms with Crippen LogP contribution in [0, 0.1) is 0 Å². The molecule has 116 valence electrons. The van der Waals surface area contributed by atoms with Crippen LogP contribution in [-0.4, -0.2) is 46.5 Å². The van der Waals surface area contributed by atoms with E-state index in [2.05, 4.69) is 10.3 Å². The van der Waals surface area contributed by atoms with E-state index in [9.17, 15) is 9.59 Å². The van der Waals surface area contributed by atoms with Gasteiger partial charge in [-0.25, -0.2) is 4.98 Å². The zero-order chi connectivity index (χ0) is 15.4. The number of hydrogen-bond donors (Lipinski definition) is 2. The van der Waals surface area contributed by atoms with Gasteiger partial charge in [0.2, 0.25) is 5.91 Å². The standard InChI is InChI=1S/C14H21N3O3S/c1-3-17(4-2)11(18)7-8-15-14-16-12-9(13(19)20)5-6-10(12)21-14/h9H,3-8H2,1-2H3,(H,15,16)(H,19,20). The van der Waals surface area contributed by atoms with Crippen LogP contribution in [-0.2, 0) is 16.0 Å². The van der Waals surface area contributed by atoms with Crippen LogP contribution in [0.25, 0.3) is 0 Å². The lowest BCUT2D eigenvalue weighted by Crippen LogP contribution is -2.31. The van der Waals surface area contributed by atoms with Crippen LogP contribution in [0.2, 0.25) is 0 Å². The van der Waals surface area contributed by atoms with Crippen molar-refractivity contribution in [3.05, 3.63) is 10.6 Å². The Morgan fingerprint density at radius 3 is 2.76 bits per heavy atom. The molecule has 0 radical (unpaired) electrons. The Kier molecular flexibility index (Phi) is 5.17. The Hall–Kier alpha value is -1.63. The number of aryl methyl sites for hydroxylation is 1. The van der Waals surface area contributed by atoms with Gasteiger partial charge in [0.05, 0.1) is 5.69 Å². The largest absolute Gasteiger partial charge is 0.481 e. The van der Waals surface area contributed by atoms with Crippen molar-refractivity contribution in [1.82, 2.24) is 9.88 Å². The summed E-state index contributed by atoms with van der Waals surface area (Å²) in [7, 11) is 0. The third-order valence-corrected chi connectivity index (χ3v) is 4.84. The molecule has 0 aromatic carbocycles. The number of thiazole rings is 1. The van der Waals surface area contributed by atoms with Gasteiger partial charge in [-0.2, -0.15) is 0 Å². The smallest absolute Gasteiger partial charge is 0.312 e. The number of fused-ring (bicyclic) bond motifs is 1. The number of rotatable bonds is 7. The maximum Gasteiger partial charge on any atom is 0.312 e. The molecule has 1 aromatic heterocycles. The second-order valence-electron chi connectivity index (χ2n) is 5.00. The zero-order valence-corrected chi connectivity index (χ0v) is 13.2. The van der Waals surface area contributed by atoms with E-state index in [1.165, 1.54) is 11.3 Å². The Balaban J connectivity index is 1.87. The molecule has 0 saturated carbocycles. The van der Waals surface area contributed by atoms with Gasteiger partial charge in [0.25, 0.3) is 0 Å². The van der Waals surface area contributed by atoms with Gasteiger partial charge >= 0.3 is 5.97 Å². The van der Waals surface area contributed by atoms with E-state index in [-0.39, 0.29) is 5.91 Å². The first-order valence-electron chi connectivity index (χ1n) is 7.30. The van der Waals surface area contributed by atoms with Crippen molar-refractivity contribution in [3.63, 3.8) is 0 Å². The summed E-state index contributed by atoms with van der Waals surface area (Å²) in [6.45, 7) is 5.90. The molecule has 1 unspecified atom stereocenters. The van der Waals surface area contributed by atoms with Crippen molar-refractivity contribution in [2.24, 2.45) is 0 Å². The molecule has 0 bridgehead atoms. The molecule has 1 aliphatic rings. The van der Waals surface area contributed by atoms with E-state index >= 15 is 0 Å². The van der Waals surface area contributed by atoms with Crippen molar-refractivity contribution in [1.29, 1.82) is 0 Å². The lowest BCUT2D eigenvalue weighted by Gasteiger charge is -2.18. The molecule has 1 atom stereocenters. The number of amides is 1. The summed E-state index contributed by atoms with van der Waals surface area (Å²) >= 11 is 1.50. The van der Waals surface area contributed by atoms with Crippen LogP contribution < -0.4 is 5.32 Å². The Bertz CT molecular complexity index is 526. The average Bonchev–Trinajstić information content (AvgIpc) is 2.99. The molecule has 1 aliphatic carbocycles. The number of hydrogen-bond acceptors (Lipinski definition) is 5. The molecule has 1 aromatic rings. The van der Waals surface area contributed by atoms with E-state index in [1.54, 1.807) is 4.90 Å². The maximum absolute atomic E-state index is 11.9. The van der Waals surface area contributed by atoms with E-state index in [4.69, 9.17) is 5.11 Å². The molecule has 6 nitrogen and oxygen atoms in total. The van der Waals surface area contributed by atoms with Crippen LogP contribution in [0.4, 0.5) is 5.13 Å². The minimum atomic E-state index is -0.803. The van der Waals surface area contributed by atoms with Crippen molar-refractivity contribution >= 4 is 28.3 Å². The topological polar surface area (TPSA) is 82.5 Å². The maximum atomic E-state index is 11.9. The van der Waals surface area contributed by atoms with Gasteiger partial charge in [-0.1, -0.05) is 0 Å². The highest BCUT2D eigenvalue weighted by molar-refractivity contribution is 7.15. The molecule has 0 aliphatic heterocycles. The van der Waals surface area contributed by atoms with Gasteiger partial charge in [0, 0.05) is 30.9 Å². The first kappa shape index (κ1) is 15.8. The molecule has 0 spiro atoms. The van der Waals surface area contributed by atoms with Crippen LogP contribution >= 0.6 is 11.3 Å². The van der Waals surface area contributed by atoms with Crippen molar-refractivity contribution < 1.29 is 14.7 Å². The molecule has 7 heteroatoms. The van der Waals surface area contributed by atoms with Crippen molar-refractivity contribution in [2.45, 2.75) is 39.0 Å². The zero-order valence-electron chi connectivity index (χ0n) is 12.4. The monoisotopic (exact) mass is 311 g/mol. The summed E-state index contributed by atoms with van der Waals surface area (Å²) in [5, 5.41) is 13.0. The lowest BCUT2D eigenvalue weighted by atomic mass is 10.1. The Labute approximate surface area is 128 Å². The third kappa shape index (κ3) is 3.53. The number of aliphatic carboxylic acids is 1. The summed E-state index contributed by atoms with van der Waals surface area (Å²) in [5.41, 5.74) is 0.699. The average molecular weight is 311 g/mol. The highest BCUT2D eigenvalue weighted by Crippen LogP contribution is 2.38. The second kappa shape index (κ2) is 6.89. The fourth-order valence-corrected chi connectivity index (χ4v) is 3.62. The third-order valence-electron chi connectivity index (χ3n) is 3.75. The van der Waals surface area contributed by atoms with Crippen molar-refractivity contribution in [3.8, 4) is 0 Å². The summed E-state index contributed by atoms with van der Waals surface area (Å²) in [5.74, 6) is -1.15. The number of nitrogens with zero attached hydrogens (tertiary/aromatic N) is 2. The Morgan fingerprint density at radius 2 is 2.14 bits per heavy atom. The summed E-state index contributed by atoms with van der Waals surface area (Å²) in [4.78, 5) is 30.2. The van der Waals surface area contributed by atoms with E-state index < -0.39 is 11.9 Å². The number of nitrogens with one attached hydrogen (secondary N) is 1. The van der Waals surface area contributed by atoms with E-state index in [0.29, 0.717) is 25.1 Å². The number of carboxylic acids is 1. The molecule has 2 N–H and O–H groups in total. The van der Waals surface area contributed by atoms with Crippen LogP contribution in [0.3, 0.4) is 0 Å². The van der Waals surface area contributed by atoms with Crippen LogP contribution in [0.15, 0.2) is 0 Å². The van der Waals surface area contributed by atoms with Gasteiger partial charge in [0.15, 0.2) is 5.13 Å². The number of aromatic nitrogens is 1. The summed E-state index contributed by atoms with van der Waals surface area (Å²) < 4.78 is 0. The quantitative estimate of drug-likeness (QED) is 0.804.